The van der Waals surface area contributed by atoms with Crippen LogP contribution in [0.4, 0.5) is 0 Å². The average Bonchev–Trinajstić information content (AvgIpc) is 2.27. The van der Waals surface area contributed by atoms with Crippen LogP contribution in [0, 0.1) is 0 Å². The van der Waals surface area contributed by atoms with Crippen LogP contribution < -0.4 is 0 Å². The summed E-state index contributed by atoms with van der Waals surface area (Å²) in [6.45, 7) is 4.98. The molecule has 0 radical (unpaired) electrons. The summed E-state index contributed by atoms with van der Waals surface area (Å²) < 4.78 is 0. The molecule has 16 heavy (non-hydrogen) atoms. The predicted molar refractivity (Wildman–Crippen MR) is 72.8 cm³/mol. The maximum absolute atomic E-state index is 6.13. The van der Waals surface area contributed by atoms with Crippen LogP contribution >= 0.6 is 34.8 Å². The Morgan fingerprint density at radius 1 is 1.25 bits per heavy atom. The summed E-state index contributed by atoms with van der Waals surface area (Å²) in [7, 11) is 0. The lowest BCUT2D eigenvalue weighted by Crippen LogP contribution is -2.24. The summed E-state index contributed by atoms with van der Waals surface area (Å²) in [5, 5.41) is 1.41. The van der Waals surface area contributed by atoms with Gasteiger partial charge in [0.15, 0.2) is 0 Å². The lowest BCUT2D eigenvalue weighted by molar-refractivity contribution is 0.281. The van der Waals surface area contributed by atoms with Crippen molar-refractivity contribution in [2.24, 2.45) is 0 Å². The van der Waals surface area contributed by atoms with Gasteiger partial charge in [0.05, 0.1) is 0 Å². The van der Waals surface area contributed by atoms with E-state index in [-0.39, 0.29) is 0 Å². The molecule has 0 saturated heterocycles. The number of halogens is 3. The van der Waals surface area contributed by atoms with Gasteiger partial charge in [-0.3, -0.25) is 4.90 Å². The van der Waals surface area contributed by atoms with E-state index in [9.17, 15) is 0 Å². The molecule has 0 spiro atoms. The number of hydrogen-bond acceptors (Lipinski definition) is 1. The Labute approximate surface area is 112 Å². The van der Waals surface area contributed by atoms with Gasteiger partial charge in [-0.1, -0.05) is 36.2 Å². The molecular formula is C12H16Cl3N. The van der Waals surface area contributed by atoms with Crippen LogP contribution in [0.15, 0.2) is 18.2 Å². The molecule has 0 aliphatic heterocycles. The standard InChI is InChI=1S/C12H16Cl3N/c1-2-16(7-3-6-13)9-10-4-5-11(14)8-12(10)15/h4-5,8H,2-3,6-7,9H2,1H3. The molecule has 0 heterocycles. The molecule has 0 N–H and O–H groups in total. The van der Waals surface area contributed by atoms with Gasteiger partial charge < -0.3 is 0 Å². The van der Waals surface area contributed by atoms with Crippen LogP contribution in [-0.2, 0) is 6.54 Å². The molecule has 0 aromatic heterocycles. The molecule has 0 aliphatic carbocycles. The Morgan fingerprint density at radius 2 is 2.00 bits per heavy atom. The highest BCUT2D eigenvalue weighted by Crippen LogP contribution is 2.22. The Hall–Kier alpha value is 0.0500. The van der Waals surface area contributed by atoms with Gasteiger partial charge in [-0.15, -0.1) is 11.6 Å². The summed E-state index contributed by atoms with van der Waals surface area (Å²) in [5.74, 6) is 0.699. The molecule has 1 rings (SSSR count). The summed E-state index contributed by atoms with van der Waals surface area (Å²) in [6, 6.07) is 5.64. The van der Waals surface area contributed by atoms with E-state index in [2.05, 4.69) is 11.8 Å². The highest BCUT2D eigenvalue weighted by atomic mass is 35.5. The maximum atomic E-state index is 6.13. The Balaban J connectivity index is 2.62. The zero-order valence-corrected chi connectivity index (χ0v) is 11.6. The van der Waals surface area contributed by atoms with E-state index >= 15 is 0 Å². The fourth-order valence-electron chi connectivity index (χ4n) is 1.52. The highest BCUT2D eigenvalue weighted by molar-refractivity contribution is 6.35. The summed E-state index contributed by atoms with van der Waals surface area (Å²) in [5.41, 5.74) is 1.11. The van der Waals surface area contributed by atoms with Gasteiger partial charge >= 0.3 is 0 Å². The molecule has 90 valence electrons. The van der Waals surface area contributed by atoms with Gasteiger partial charge in [0.25, 0.3) is 0 Å². The quantitative estimate of drug-likeness (QED) is 0.696. The van der Waals surface area contributed by atoms with Gasteiger partial charge in [-0.25, -0.2) is 0 Å². The van der Waals surface area contributed by atoms with Crippen LogP contribution in [-0.4, -0.2) is 23.9 Å². The number of alkyl halides is 1. The molecule has 1 nitrogen and oxygen atoms in total. The fourth-order valence-corrected chi connectivity index (χ4v) is 2.11. The van der Waals surface area contributed by atoms with E-state index in [1.807, 2.05) is 12.1 Å². The first-order chi connectivity index (χ1) is 7.67. The summed E-state index contributed by atoms with van der Waals surface area (Å²) in [6.07, 6.45) is 1.00. The second-order valence-electron chi connectivity index (χ2n) is 3.65. The molecule has 0 aliphatic rings. The zero-order valence-electron chi connectivity index (χ0n) is 9.35. The van der Waals surface area contributed by atoms with E-state index in [1.54, 1.807) is 6.07 Å². The van der Waals surface area contributed by atoms with Crippen molar-refractivity contribution < 1.29 is 0 Å². The number of nitrogens with zero attached hydrogens (tertiary/aromatic N) is 1. The van der Waals surface area contributed by atoms with Gasteiger partial charge in [0.1, 0.15) is 0 Å². The molecular weight excluding hydrogens is 264 g/mol. The molecule has 1 aromatic rings. The number of benzene rings is 1. The van der Waals surface area contributed by atoms with E-state index in [0.717, 1.165) is 36.6 Å². The van der Waals surface area contributed by atoms with Crippen molar-refractivity contribution in [1.82, 2.24) is 4.90 Å². The van der Waals surface area contributed by atoms with Gasteiger partial charge in [-0.05, 0) is 37.2 Å². The zero-order chi connectivity index (χ0) is 12.0. The Kier molecular flexibility index (Phi) is 6.52. The first-order valence-corrected chi connectivity index (χ1v) is 6.68. The smallest absolute Gasteiger partial charge is 0.0465 e. The lowest BCUT2D eigenvalue weighted by Gasteiger charge is -2.20. The van der Waals surface area contributed by atoms with Gasteiger partial charge in [0, 0.05) is 22.5 Å². The van der Waals surface area contributed by atoms with Gasteiger partial charge in [-0.2, -0.15) is 0 Å². The molecule has 0 amide bonds. The minimum Gasteiger partial charge on any atom is -0.299 e. The third-order valence-corrected chi connectivity index (χ3v) is 3.32. The van der Waals surface area contributed by atoms with E-state index in [0.29, 0.717) is 10.9 Å². The van der Waals surface area contributed by atoms with Crippen LogP contribution in [0.5, 0.6) is 0 Å². The minimum atomic E-state index is 0.678. The highest BCUT2D eigenvalue weighted by Gasteiger charge is 2.06. The van der Waals surface area contributed by atoms with Crippen LogP contribution in [0.3, 0.4) is 0 Å². The van der Waals surface area contributed by atoms with Gasteiger partial charge in [0.2, 0.25) is 0 Å². The number of hydrogen-bond donors (Lipinski definition) is 0. The third-order valence-electron chi connectivity index (χ3n) is 2.46. The van der Waals surface area contributed by atoms with Crippen molar-refractivity contribution in [3.8, 4) is 0 Å². The van der Waals surface area contributed by atoms with Crippen molar-refractivity contribution in [2.75, 3.05) is 19.0 Å². The van der Waals surface area contributed by atoms with Crippen molar-refractivity contribution in [3.63, 3.8) is 0 Å². The molecule has 0 saturated carbocycles. The molecule has 0 fully saturated rings. The monoisotopic (exact) mass is 279 g/mol. The third kappa shape index (κ3) is 4.50. The molecule has 0 unspecified atom stereocenters. The molecule has 0 atom stereocenters. The summed E-state index contributed by atoms with van der Waals surface area (Å²) in [4.78, 5) is 2.32. The summed E-state index contributed by atoms with van der Waals surface area (Å²) >= 11 is 17.7. The largest absolute Gasteiger partial charge is 0.299 e. The molecule has 0 bridgehead atoms. The maximum Gasteiger partial charge on any atom is 0.0465 e. The molecule has 1 aromatic carbocycles. The SMILES string of the molecule is CCN(CCCCl)Cc1ccc(Cl)cc1Cl. The van der Waals surface area contributed by atoms with Crippen molar-refractivity contribution in [1.29, 1.82) is 0 Å². The van der Waals surface area contributed by atoms with E-state index < -0.39 is 0 Å². The van der Waals surface area contributed by atoms with E-state index in [4.69, 9.17) is 34.8 Å². The predicted octanol–water partition coefficient (Wildman–Crippen LogP) is 4.44. The minimum absolute atomic E-state index is 0.678. The Bertz CT molecular complexity index is 328. The second kappa shape index (κ2) is 7.39. The van der Waals surface area contributed by atoms with Crippen molar-refractivity contribution in [2.45, 2.75) is 19.9 Å². The first kappa shape index (κ1) is 14.1. The van der Waals surface area contributed by atoms with Crippen molar-refractivity contribution in [3.05, 3.63) is 33.8 Å². The Morgan fingerprint density at radius 3 is 2.56 bits per heavy atom. The number of rotatable bonds is 6. The van der Waals surface area contributed by atoms with E-state index in [1.165, 1.54) is 0 Å². The normalized spacial score (nSPS) is 11.1. The lowest BCUT2D eigenvalue weighted by atomic mass is 10.2. The van der Waals surface area contributed by atoms with Crippen molar-refractivity contribution >= 4 is 34.8 Å². The first-order valence-electron chi connectivity index (χ1n) is 5.39. The van der Waals surface area contributed by atoms with Crippen LogP contribution in [0.25, 0.3) is 0 Å². The topological polar surface area (TPSA) is 3.24 Å². The molecule has 4 heteroatoms. The van der Waals surface area contributed by atoms with Crippen LogP contribution in [0.2, 0.25) is 10.0 Å². The fraction of sp³-hybridized carbons (Fsp3) is 0.500. The second-order valence-corrected chi connectivity index (χ2v) is 4.87. The van der Waals surface area contributed by atoms with Crippen LogP contribution in [0.1, 0.15) is 18.9 Å². The average molecular weight is 281 g/mol.